The van der Waals surface area contributed by atoms with E-state index in [0.717, 1.165) is 0 Å². The molecule has 0 aliphatic rings. The molecule has 0 aliphatic heterocycles. The molecule has 0 aromatic carbocycles. The lowest BCUT2D eigenvalue weighted by molar-refractivity contribution is 0.301. The van der Waals surface area contributed by atoms with E-state index in [9.17, 15) is 0 Å². The molecule has 35 valence electrons. The third kappa shape index (κ3) is 3.85. The van der Waals surface area contributed by atoms with E-state index in [1.165, 1.54) is 0 Å². The molecule has 2 N–H and O–H groups in total. The molecule has 0 aliphatic carbocycles. The van der Waals surface area contributed by atoms with Crippen LogP contribution in [0.4, 0.5) is 0 Å². The Bertz CT molecular complexity index is 39.8. The molecule has 0 unspecified atom stereocenters. The van der Waals surface area contributed by atoms with Gasteiger partial charge in [-0.2, -0.15) is 0 Å². The lowest BCUT2D eigenvalue weighted by atomic mass is 10.7. The summed E-state index contributed by atoms with van der Waals surface area (Å²) in [6.07, 6.45) is 0. The van der Waals surface area contributed by atoms with Gasteiger partial charge in [-0.1, -0.05) is 12.2 Å². The summed E-state index contributed by atoms with van der Waals surface area (Å²) in [5.74, 6) is 0. The normalized spacial score (nSPS) is 7.50. The third-order valence-electron chi connectivity index (χ3n) is 0.309. The van der Waals surface area contributed by atoms with Gasteiger partial charge in [0.1, 0.15) is 5.49 Å². The Morgan fingerprint density at radius 3 is 2.67 bits per heavy atom. The Hall–Kier alpha value is -0.150. The van der Waals surface area contributed by atoms with Crippen molar-refractivity contribution in [2.75, 3.05) is 13.2 Å². The fourth-order valence-electron chi connectivity index (χ4n) is 0.107. The van der Waals surface area contributed by atoms with Crippen molar-refractivity contribution in [1.29, 1.82) is 0 Å². The molecular formula is C3H6NOS. The predicted octanol–water partition coefficient (Wildman–Crippen LogP) is -0.598. The van der Waals surface area contributed by atoms with Crippen LogP contribution in [-0.4, -0.2) is 23.7 Å². The van der Waals surface area contributed by atoms with E-state index >= 15 is 0 Å². The Labute approximate surface area is 42.2 Å². The van der Waals surface area contributed by atoms with E-state index in [0.29, 0.717) is 6.54 Å². The second-order valence-electron chi connectivity index (χ2n) is 0.752. The van der Waals surface area contributed by atoms with E-state index < -0.39 is 0 Å². The van der Waals surface area contributed by atoms with Crippen LogP contribution >= 0.6 is 12.2 Å². The molecule has 0 amide bonds. The molecule has 0 atom stereocenters. The van der Waals surface area contributed by atoms with Gasteiger partial charge in [-0.3, -0.25) is 0 Å². The zero-order valence-corrected chi connectivity index (χ0v) is 4.09. The van der Waals surface area contributed by atoms with Crippen molar-refractivity contribution in [1.82, 2.24) is 5.32 Å². The molecule has 1 radical (unpaired) electrons. The lowest BCUT2D eigenvalue weighted by Gasteiger charge is -1.86. The summed E-state index contributed by atoms with van der Waals surface area (Å²) in [7, 11) is 0. The number of aliphatic hydroxyl groups excluding tert-OH is 1. The first-order valence-corrected chi connectivity index (χ1v) is 2.03. The summed E-state index contributed by atoms with van der Waals surface area (Å²) in [5, 5.41) is 10.6. The van der Waals surface area contributed by atoms with Gasteiger partial charge in [0.15, 0.2) is 0 Å². The SMILES string of the molecule is OCCN[C]=S. The van der Waals surface area contributed by atoms with Gasteiger partial charge in [0.25, 0.3) is 0 Å². The van der Waals surface area contributed by atoms with E-state index in [1.54, 1.807) is 0 Å². The second-order valence-corrected chi connectivity index (χ2v) is 0.957. The predicted molar refractivity (Wildman–Crippen MR) is 27.7 cm³/mol. The van der Waals surface area contributed by atoms with Crippen LogP contribution in [0, 0.1) is 0 Å². The first-order valence-electron chi connectivity index (χ1n) is 1.62. The number of thiocarbonyl (C=S) groups is 1. The van der Waals surface area contributed by atoms with Crippen LogP contribution in [-0.2, 0) is 0 Å². The molecule has 2 nitrogen and oxygen atoms in total. The number of rotatable bonds is 3. The zero-order valence-electron chi connectivity index (χ0n) is 3.27. The maximum absolute atomic E-state index is 8.05. The van der Waals surface area contributed by atoms with Crippen molar-refractivity contribution in [2.45, 2.75) is 0 Å². The molecule has 0 rings (SSSR count). The van der Waals surface area contributed by atoms with Gasteiger partial charge in [0, 0.05) is 6.54 Å². The molecule has 6 heavy (non-hydrogen) atoms. The molecule has 0 saturated heterocycles. The lowest BCUT2D eigenvalue weighted by Crippen LogP contribution is -2.13. The number of aliphatic hydroxyl groups is 1. The summed E-state index contributed by atoms with van der Waals surface area (Å²) < 4.78 is 0. The van der Waals surface area contributed by atoms with Crippen LogP contribution in [0.15, 0.2) is 0 Å². The Kier molecular flexibility index (Phi) is 4.73. The second kappa shape index (κ2) is 4.85. The van der Waals surface area contributed by atoms with Gasteiger partial charge in [0.05, 0.1) is 6.61 Å². The molecular weight excluding hydrogens is 98.1 g/mol. The molecule has 0 fully saturated rings. The largest absolute Gasteiger partial charge is 0.395 e. The van der Waals surface area contributed by atoms with Crippen molar-refractivity contribution >= 4 is 17.7 Å². The minimum absolute atomic E-state index is 0.115. The molecule has 0 saturated carbocycles. The van der Waals surface area contributed by atoms with Crippen LogP contribution in [0.5, 0.6) is 0 Å². The average Bonchev–Trinajstić information content (AvgIpc) is 1.61. The highest BCUT2D eigenvalue weighted by Crippen LogP contribution is 1.47. The van der Waals surface area contributed by atoms with Crippen molar-refractivity contribution in [3.05, 3.63) is 0 Å². The zero-order chi connectivity index (χ0) is 4.83. The Morgan fingerprint density at radius 1 is 1.83 bits per heavy atom. The molecule has 3 heteroatoms. The van der Waals surface area contributed by atoms with E-state index in [2.05, 4.69) is 23.0 Å². The maximum atomic E-state index is 8.05. The van der Waals surface area contributed by atoms with Crippen LogP contribution in [0.2, 0.25) is 0 Å². The van der Waals surface area contributed by atoms with Crippen molar-refractivity contribution in [3.8, 4) is 0 Å². The number of nitrogens with one attached hydrogen (secondary N) is 1. The third-order valence-corrected chi connectivity index (χ3v) is 0.453. The van der Waals surface area contributed by atoms with Crippen LogP contribution in [0.3, 0.4) is 0 Å². The average molecular weight is 104 g/mol. The molecule has 0 spiro atoms. The van der Waals surface area contributed by atoms with E-state index in [4.69, 9.17) is 5.11 Å². The smallest absolute Gasteiger partial charge is 0.134 e. The molecule has 0 bridgehead atoms. The van der Waals surface area contributed by atoms with E-state index in [1.807, 2.05) is 0 Å². The van der Waals surface area contributed by atoms with Crippen molar-refractivity contribution in [3.63, 3.8) is 0 Å². The number of hydrogen-bond donors (Lipinski definition) is 2. The summed E-state index contributed by atoms with van der Waals surface area (Å²) in [6, 6.07) is 0. The van der Waals surface area contributed by atoms with Gasteiger partial charge in [-0.25, -0.2) is 0 Å². The van der Waals surface area contributed by atoms with Crippen LogP contribution in [0.1, 0.15) is 0 Å². The highest BCUT2D eigenvalue weighted by molar-refractivity contribution is 7.78. The van der Waals surface area contributed by atoms with Gasteiger partial charge < -0.3 is 10.4 Å². The molecule has 0 heterocycles. The van der Waals surface area contributed by atoms with Gasteiger partial charge in [-0.15, -0.1) is 0 Å². The Balaban J connectivity index is 2.49. The first-order chi connectivity index (χ1) is 2.91. The number of hydrogen-bond acceptors (Lipinski definition) is 2. The molecule has 0 aromatic heterocycles. The van der Waals surface area contributed by atoms with Crippen molar-refractivity contribution < 1.29 is 5.11 Å². The standard InChI is InChI=1S/C3H6NOS/c5-2-1-4-3-6/h5H,1-2H2,(H,4,6). The topological polar surface area (TPSA) is 32.3 Å². The monoisotopic (exact) mass is 104 g/mol. The first kappa shape index (κ1) is 5.85. The summed E-state index contributed by atoms with van der Waals surface area (Å²) in [5.41, 5.74) is 2.24. The minimum atomic E-state index is 0.115. The highest BCUT2D eigenvalue weighted by atomic mass is 32.1. The fraction of sp³-hybridized carbons (Fsp3) is 0.667. The van der Waals surface area contributed by atoms with Gasteiger partial charge in [0.2, 0.25) is 0 Å². The van der Waals surface area contributed by atoms with Crippen LogP contribution in [0.25, 0.3) is 0 Å². The summed E-state index contributed by atoms with van der Waals surface area (Å²) in [6.45, 7) is 0.618. The fourth-order valence-corrected chi connectivity index (χ4v) is 0.209. The van der Waals surface area contributed by atoms with Gasteiger partial charge >= 0.3 is 0 Å². The Morgan fingerprint density at radius 2 is 2.50 bits per heavy atom. The summed E-state index contributed by atoms with van der Waals surface area (Å²) in [4.78, 5) is 0. The molecule has 0 aromatic rings. The minimum Gasteiger partial charge on any atom is -0.395 e. The highest BCUT2D eigenvalue weighted by Gasteiger charge is 1.69. The summed E-state index contributed by atoms with van der Waals surface area (Å²) >= 11 is 4.25. The quantitative estimate of drug-likeness (QED) is 0.285. The van der Waals surface area contributed by atoms with Crippen LogP contribution < -0.4 is 5.32 Å². The maximum Gasteiger partial charge on any atom is 0.134 e. The van der Waals surface area contributed by atoms with Crippen molar-refractivity contribution in [2.24, 2.45) is 0 Å². The van der Waals surface area contributed by atoms with E-state index in [-0.39, 0.29) is 6.61 Å². The van der Waals surface area contributed by atoms with Gasteiger partial charge in [-0.05, 0) is 0 Å².